The van der Waals surface area contributed by atoms with Crippen LogP contribution >= 0.6 is 0 Å². The van der Waals surface area contributed by atoms with Crippen LogP contribution in [0.1, 0.15) is 31.2 Å². The molecule has 3 rings (SSSR count). The number of nitrogens with one attached hydrogen (secondary N) is 2. The number of halogens is 1. The van der Waals surface area contributed by atoms with Gasteiger partial charge in [-0.15, -0.1) is 0 Å². The van der Waals surface area contributed by atoms with Gasteiger partial charge in [-0.3, -0.25) is 4.79 Å². The van der Waals surface area contributed by atoms with Crippen LogP contribution in [-0.2, 0) is 15.1 Å². The topological polar surface area (TPSA) is 50.4 Å². The van der Waals surface area contributed by atoms with Crippen LogP contribution in [0.3, 0.4) is 0 Å². The standard InChI is InChI=1S/C16H21FN2O2/c17-13-5-3-12(4-6-13)16(7-1-2-8-16)19-15(20)14-11-18-9-10-21-14/h3-6,14,18H,1-2,7-11H2,(H,19,20). The van der Waals surface area contributed by atoms with E-state index in [0.29, 0.717) is 13.2 Å². The first-order valence-corrected chi connectivity index (χ1v) is 7.60. The highest BCUT2D eigenvalue weighted by Crippen LogP contribution is 2.38. The number of rotatable bonds is 3. The van der Waals surface area contributed by atoms with Gasteiger partial charge in [-0.25, -0.2) is 4.39 Å². The first-order chi connectivity index (χ1) is 10.2. The Balaban J connectivity index is 1.77. The van der Waals surface area contributed by atoms with Crippen molar-refractivity contribution in [3.63, 3.8) is 0 Å². The van der Waals surface area contributed by atoms with Gasteiger partial charge >= 0.3 is 0 Å². The van der Waals surface area contributed by atoms with Gasteiger partial charge in [0.05, 0.1) is 12.1 Å². The molecule has 1 saturated heterocycles. The summed E-state index contributed by atoms with van der Waals surface area (Å²) in [5, 5.41) is 6.34. The van der Waals surface area contributed by atoms with E-state index in [-0.39, 0.29) is 17.3 Å². The zero-order valence-electron chi connectivity index (χ0n) is 12.0. The largest absolute Gasteiger partial charge is 0.366 e. The molecule has 1 aromatic rings. The quantitative estimate of drug-likeness (QED) is 0.891. The molecular weight excluding hydrogens is 271 g/mol. The summed E-state index contributed by atoms with van der Waals surface area (Å²) in [4.78, 5) is 12.4. The smallest absolute Gasteiger partial charge is 0.251 e. The second-order valence-corrected chi connectivity index (χ2v) is 5.85. The van der Waals surface area contributed by atoms with Crippen LogP contribution in [0.25, 0.3) is 0 Å². The van der Waals surface area contributed by atoms with Crippen molar-refractivity contribution in [2.45, 2.75) is 37.3 Å². The first-order valence-electron chi connectivity index (χ1n) is 7.60. The van der Waals surface area contributed by atoms with Gasteiger partial charge in [-0.1, -0.05) is 25.0 Å². The fourth-order valence-corrected chi connectivity index (χ4v) is 3.28. The Morgan fingerprint density at radius 3 is 2.62 bits per heavy atom. The van der Waals surface area contributed by atoms with Gasteiger partial charge in [0.2, 0.25) is 0 Å². The van der Waals surface area contributed by atoms with Crippen molar-refractivity contribution < 1.29 is 13.9 Å². The van der Waals surface area contributed by atoms with Crippen molar-refractivity contribution in [2.75, 3.05) is 19.7 Å². The van der Waals surface area contributed by atoms with E-state index in [0.717, 1.165) is 37.8 Å². The number of benzene rings is 1. The van der Waals surface area contributed by atoms with Crippen LogP contribution < -0.4 is 10.6 Å². The molecule has 114 valence electrons. The molecule has 4 nitrogen and oxygen atoms in total. The lowest BCUT2D eigenvalue weighted by Gasteiger charge is -2.33. The Bertz CT molecular complexity index is 492. The maximum atomic E-state index is 13.1. The lowest BCUT2D eigenvalue weighted by Crippen LogP contribution is -2.53. The molecule has 1 heterocycles. The zero-order chi connectivity index (χ0) is 14.7. The van der Waals surface area contributed by atoms with Crippen molar-refractivity contribution >= 4 is 5.91 Å². The molecule has 0 radical (unpaired) electrons. The van der Waals surface area contributed by atoms with Crippen LogP contribution in [0.2, 0.25) is 0 Å². The third-order valence-corrected chi connectivity index (χ3v) is 4.44. The molecule has 1 aliphatic carbocycles. The molecule has 5 heteroatoms. The second kappa shape index (κ2) is 6.12. The number of carbonyl (C=O) groups excluding carboxylic acids is 1. The van der Waals surface area contributed by atoms with Crippen molar-refractivity contribution in [2.24, 2.45) is 0 Å². The molecule has 1 atom stereocenters. The molecular formula is C16H21FN2O2. The normalized spacial score (nSPS) is 24.7. The highest BCUT2D eigenvalue weighted by Gasteiger charge is 2.38. The average Bonchev–Trinajstić information content (AvgIpc) is 2.98. The predicted octanol–water partition coefficient (Wildman–Crippen LogP) is 1.70. The SMILES string of the molecule is O=C(NC1(c2ccc(F)cc2)CCCC1)C1CNCCO1. The van der Waals surface area contributed by atoms with E-state index in [1.165, 1.54) is 12.1 Å². The Morgan fingerprint density at radius 1 is 1.29 bits per heavy atom. The maximum absolute atomic E-state index is 13.1. The Labute approximate surface area is 124 Å². The molecule has 2 aliphatic rings. The Morgan fingerprint density at radius 2 is 2.00 bits per heavy atom. The van der Waals surface area contributed by atoms with Gasteiger partial charge in [0, 0.05) is 13.1 Å². The van der Waals surface area contributed by atoms with E-state index >= 15 is 0 Å². The van der Waals surface area contributed by atoms with Gasteiger partial charge in [0.1, 0.15) is 11.9 Å². The monoisotopic (exact) mass is 292 g/mol. The molecule has 1 unspecified atom stereocenters. The molecule has 0 aromatic heterocycles. The van der Waals surface area contributed by atoms with Crippen LogP contribution in [-0.4, -0.2) is 31.7 Å². The molecule has 0 spiro atoms. The minimum atomic E-state index is -0.434. The zero-order valence-corrected chi connectivity index (χ0v) is 12.0. The highest BCUT2D eigenvalue weighted by atomic mass is 19.1. The summed E-state index contributed by atoms with van der Waals surface area (Å²) >= 11 is 0. The first kappa shape index (κ1) is 14.5. The molecule has 0 bridgehead atoms. The van der Waals surface area contributed by atoms with Crippen molar-refractivity contribution in [3.8, 4) is 0 Å². The van der Waals surface area contributed by atoms with Crippen LogP contribution in [0.15, 0.2) is 24.3 Å². The van der Waals surface area contributed by atoms with Crippen molar-refractivity contribution in [3.05, 3.63) is 35.6 Å². The Hall–Kier alpha value is -1.46. The summed E-state index contributed by atoms with van der Waals surface area (Å²) in [6.07, 6.45) is 3.49. The summed E-state index contributed by atoms with van der Waals surface area (Å²) in [7, 11) is 0. The van der Waals surface area contributed by atoms with Gasteiger partial charge in [0.25, 0.3) is 5.91 Å². The van der Waals surface area contributed by atoms with E-state index in [1.807, 2.05) is 0 Å². The molecule has 2 fully saturated rings. The fraction of sp³-hybridized carbons (Fsp3) is 0.562. The maximum Gasteiger partial charge on any atom is 0.251 e. The lowest BCUT2D eigenvalue weighted by atomic mass is 9.87. The molecule has 1 saturated carbocycles. The Kier molecular flexibility index (Phi) is 4.22. The van der Waals surface area contributed by atoms with Crippen LogP contribution in [0.4, 0.5) is 4.39 Å². The van der Waals surface area contributed by atoms with E-state index in [2.05, 4.69) is 10.6 Å². The average molecular weight is 292 g/mol. The third-order valence-electron chi connectivity index (χ3n) is 4.44. The summed E-state index contributed by atoms with van der Waals surface area (Å²) in [5.74, 6) is -0.327. The van der Waals surface area contributed by atoms with E-state index in [9.17, 15) is 9.18 Å². The molecule has 1 aromatic carbocycles. The summed E-state index contributed by atoms with van der Waals surface area (Å²) in [6.45, 7) is 1.89. The van der Waals surface area contributed by atoms with Gasteiger partial charge < -0.3 is 15.4 Å². The van der Waals surface area contributed by atoms with Gasteiger partial charge in [-0.05, 0) is 30.5 Å². The second-order valence-electron chi connectivity index (χ2n) is 5.85. The van der Waals surface area contributed by atoms with E-state index < -0.39 is 6.10 Å². The fourth-order valence-electron chi connectivity index (χ4n) is 3.28. The molecule has 2 N–H and O–H groups in total. The van der Waals surface area contributed by atoms with Crippen LogP contribution in [0.5, 0.6) is 0 Å². The van der Waals surface area contributed by atoms with Crippen molar-refractivity contribution in [1.82, 2.24) is 10.6 Å². The molecule has 1 amide bonds. The number of hydrogen-bond donors (Lipinski definition) is 2. The number of ether oxygens (including phenoxy) is 1. The lowest BCUT2D eigenvalue weighted by molar-refractivity contribution is -0.136. The number of amides is 1. The minimum Gasteiger partial charge on any atom is -0.366 e. The van der Waals surface area contributed by atoms with Gasteiger partial charge in [0.15, 0.2) is 0 Å². The number of morpholine rings is 1. The molecule has 1 aliphatic heterocycles. The number of hydrogen-bond acceptors (Lipinski definition) is 3. The summed E-state index contributed by atoms with van der Waals surface area (Å²) in [5.41, 5.74) is 0.615. The number of carbonyl (C=O) groups is 1. The van der Waals surface area contributed by atoms with E-state index in [4.69, 9.17) is 4.74 Å². The predicted molar refractivity (Wildman–Crippen MR) is 77.3 cm³/mol. The van der Waals surface area contributed by atoms with Crippen LogP contribution in [0, 0.1) is 5.82 Å². The van der Waals surface area contributed by atoms with E-state index in [1.54, 1.807) is 12.1 Å². The minimum absolute atomic E-state index is 0.0755. The van der Waals surface area contributed by atoms with Gasteiger partial charge in [-0.2, -0.15) is 0 Å². The summed E-state index contributed by atoms with van der Waals surface area (Å²) in [6, 6.07) is 6.47. The summed E-state index contributed by atoms with van der Waals surface area (Å²) < 4.78 is 18.7. The molecule has 21 heavy (non-hydrogen) atoms. The highest BCUT2D eigenvalue weighted by molar-refractivity contribution is 5.82. The van der Waals surface area contributed by atoms with Crippen molar-refractivity contribution in [1.29, 1.82) is 0 Å². The third kappa shape index (κ3) is 3.09.